The van der Waals surface area contributed by atoms with E-state index >= 15 is 0 Å². The highest BCUT2D eigenvalue weighted by molar-refractivity contribution is 9.10. The van der Waals surface area contributed by atoms with Gasteiger partial charge < -0.3 is 4.90 Å². The number of benzene rings is 2. The summed E-state index contributed by atoms with van der Waals surface area (Å²) < 4.78 is 1.94. The molecule has 5 nitrogen and oxygen atoms in total. The standard InChI is InChI=1S/C18H16Br2N4OS/c1-24(10-12-6-2-4-8-14(12)19)16(25)11-26-18-21-17(22-23-18)13-7-3-5-9-15(13)20/h2-9H,10-11H2,1H3,(H,21,22,23). The Morgan fingerprint density at radius 3 is 2.54 bits per heavy atom. The molecule has 0 saturated carbocycles. The molecule has 0 radical (unpaired) electrons. The average Bonchev–Trinajstić information content (AvgIpc) is 3.10. The van der Waals surface area contributed by atoms with Gasteiger partial charge in [0.05, 0.1) is 5.75 Å². The fourth-order valence-corrected chi connectivity index (χ4v) is 3.91. The lowest BCUT2D eigenvalue weighted by Gasteiger charge is -2.17. The van der Waals surface area contributed by atoms with Gasteiger partial charge in [-0.15, -0.1) is 5.10 Å². The van der Waals surface area contributed by atoms with Gasteiger partial charge in [0, 0.05) is 28.1 Å². The maximum Gasteiger partial charge on any atom is 0.233 e. The minimum absolute atomic E-state index is 0.0259. The van der Waals surface area contributed by atoms with Crippen LogP contribution in [0.4, 0.5) is 0 Å². The molecule has 1 heterocycles. The zero-order valence-corrected chi connectivity index (χ0v) is 17.9. The van der Waals surface area contributed by atoms with Gasteiger partial charge in [-0.1, -0.05) is 80.0 Å². The maximum atomic E-state index is 12.4. The Labute approximate surface area is 172 Å². The van der Waals surface area contributed by atoms with Gasteiger partial charge in [-0.05, 0) is 17.7 Å². The molecule has 0 fully saturated rings. The Morgan fingerprint density at radius 2 is 1.81 bits per heavy atom. The van der Waals surface area contributed by atoms with Gasteiger partial charge >= 0.3 is 0 Å². The number of aromatic amines is 1. The van der Waals surface area contributed by atoms with Gasteiger partial charge in [0.15, 0.2) is 5.82 Å². The van der Waals surface area contributed by atoms with E-state index in [0.717, 1.165) is 20.1 Å². The summed E-state index contributed by atoms with van der Waals surface area (Å²) in [6.07, 6.45) is 0. The Morgan fingerprint density at radius 1 is 1.12 bits per heavy atom. The van der Waals surface area contributed by atoms with Gasteiger partial charge in [-0.25, -0.2) is 4.98 Å². The topological polar surface area (TPSA) is 61.9 Å². The van der Waals surface area contributed by atoms with E-state index in [-0.39, 0.29) is 11.7 Å². The molecule has 2 aromatic carbocycles. The van der Waals surface area contributed by atoms with Crippen molar-refractivity contribution < 1.29 is 4.79 Å². The van der Waals surface area contributed by atoms with Crippen LogP contribution in [-0.2, 0) is 11.3 Å². The molecule has 0 aliphatic carbocycles. The first-order valence-electron chi connectivity index (χ1n) is 7.82. The molecule has 3 aromatic rings. The third-order valence-electron chi connectivity index (χ3n) is 3.71. The molecule has 0 atom stereocenters. The van der Waals surface area contributed by atoms with E-state index in [4.69, 9.17) is 0 Å². The van der Waals surface area contributed by atoms with Crippen molar-refractivity contribution in [1.82, 2.24) is 20.1 Å². The van der Waals surface area contributed by atoms with Crippen molar-refractivity contribution in [2.45, 2.75) is 11.7 Å². The number of carbonyl (C=O) groups excluding carboxylic acids is 1. The largest absolute Gasteiger partial charge is 0.341 e. The Kier molecular flexibility index (Phi) is 6.50. The van der Waals surface area contributed by atoms with Crippen LogP contribution >= 0.6 is 43.6 Å². The molecular formula is C18H16Br2N4OS. The molecule has 1 amide bonds. The molecule has 0 spiro atoms. The molecule has 0 aliphatic heterocycles. The number of amides is 1. The van der Waals surface area contributed by atoms with E-state index < -0.39 is 0 Å². The lowest BCUT2D eigenvalue weighted by molar-refractivity contribution is -0.127. The molecule has 26 heavy (non-hydrogen) atoms. The van der Waals surface area contributed by atoms with Crippen molar-refractivity contribution in [2.24, 2.45) is 0 Å². The number of halogens is 2. The highest BCUT2D eigenvalue weighted by Gasteiger charge is 2.14. The second-order valence-electron chi connectivity index (χ2n) is 5.58. The highest BCUT2D eigenvalue weighted by Crippen LogP contribution is 2.26. The predicted molar refractivity (Wildman–Crippen MR) is 111 cm³/mol. The first-order valence-corrected chi connectivity index (χ1v) is 10.4. The van der Waals surface area contributed by atoms with Gasteiger partial charge in [0.2, 0.25) is 11.1 Å². The minimum Gasteiger partial charge on any atom is -0.341 e. The molecule has 3 rings (SSSR count). The molecule has 1 aromatic heterocycles. The van der Waals surface area contributed by atoms with E-state index in [1.807, 2.05) is 48.5 Å². The molecule has 0 aliphatic rings. The van der Waals surface area contributed by atoms with Crippen LogP contribution in [0, 0.1) is 0 Å². The first-order chi connectivity index (χ1) is 12.5. The summed E-state index contributed by atoms with van der Waals surface area (Å²) in [5.41, 5.74) is 2.01. The lowest BCUT2D eigenvalue weighted by atomic mass is 10.2. The number of thioether (sulfide) groups is 1. The van der Waals surface area contributed by atoms with Crippen LogP contribution in [-0.4, -0.2) is 38.8 Å². The van der Waals surface area contributed by atoms with E-state index in [9.17, 15) is 4.79 Å². The van der Waals surface area contributed by atoms with Crippen molar-refractivity contribution in [3.63, 3.8) is 0 Å². The monoisotopic (exact) mass is 494 g/mol. The fourth-order valence-electron chi connectivity index (χ4n) is 2.29. The van der Waals surface area contributed by atoms with Crippen molar-refractivity contribution in [3.8, 4) is 11.4 Å². The van der Waals surface area contributed by atoms with Crippen molar-refractivity contribution in [2.75, 3.05) is 12.8 Å². The van der Waals surface area contributed by atoms with Crippen LogP contribution < -0.4 is 0 Å². The highest BCUT2D eigenvalue weighted by atomic mass is 79.9. The van der Waals surface area contributed by atoms with Crippen LogP contribution in [0.5, 0.6) is 0 Å². The van der Waals surface area contributed by atoms with Gasteiger partial charge in [-0.3, -0.25) is 9.89 Å². The van der Waals surface area contributed by atoms with Crippen LogP contribution in [0.15, 0.2) is 62.6 Å². The van der Waals surface area contributed by atoms with Gasteiger partial charge in [0.25, 0.3) is 0 Å². The van der Waals surface area contributed by atoms with E-state index in [1.54, 1.807) is 11.9 Å². The SMILES string of the molecule is CN(Cc1ccccc1Br)C(=O)CSc1n[nH]c(-c2ccccc2Br)n1. The number of aromatic nitrogens is 3. The van der Waals surface area contributed by atoms with Gasteiger partial charge in [-0.2, -0.15) is 0 Å². The van der Waals surface area contributed by atoms with Crippen molar-refractivity contribution in [3.05, 3.63) is 63.0 Å². The number of hydrogen-bond donors (Lipinski definition) is 1. The summed E-state index contributed by atoms with van der Waals surface area (Å²) in [4.78, 5) is 18.5. The summed E-state index contributed by atoms with van der Waals surface area (Å²) in [6.45, 7) is 0.553. The fraction of sp³-hybridized carbons (Fsp3) is 0.167. The number of nitrogens with one attached hydrogen (secondary N) is 1. The summed E-state index contributed by atoms with van der Waals surface area (Å²) in [6, 6.07) is 15.7. The van der Waals surface area contributed by atoms with Crippen LogP contribution in [0.1, 0.15) is 5.56 Å². The normalized spacial score (nSPS) is 10.7. The number of nitrogens with zero attached hydrogens (tertiary/aromatic N) is 3. The molecule has 0 unspecified atom stereocenters. The quantitative estimate of drug-likeness (QED) is 0.501. The van der Waals surface area contributed by atoms with E-state index in [0.29, 0.717) is 17.5 Å². The van der Waals surface area contributed by atoms with Crippen LogP contribution in [0.3, 0.4) is 0 Å². The lowest BCUT2D eigenvalue weighted by Crippen LogP contribution is -2.27. The van der Waals surface area contributed by atoms with Crippen molar-refractivity contribution >= 4 is 49.5 Å². The Bertz CT molecular complexity index is 915. The smallest absolute Gasteiger partial charge is 0.233 e. The second-order valence-corrected chi connectivity index (χ2v) is 8.23. The summed E-state index contributed by atoms with van der Waals surface area (Å²) in [5.74, 6) is 0.987. The predicted octanol–water partition coefficient (Wildman–Crippen LogP) is 4.75. The molecule has 8 heteroatoms. The number of hydrogen-bond acceptors (Lipinski definition) is 4. The molecule has 0 bridgehead atoms. The minimum atomic E-state index is 0.0259. The third-order valence-corrected chi connectivity index (χ3v) is 6.01. The van der Waals surface area contributed by atoms with E-state index in [1.165, 1.54) is 11.8 Å². The zero-order valence-electron chi connectivity index (χ0n) is 13.9. The third kappa shape index (κ3) is 4.75. The summed E-state index contributed by atoms with van der Waals surface area (Å²) >= 11 is 8.33. The summed E-state index contributed by atoms with van der Waals surface area (Å²) in [7, 11) is 1.80. The zero-order chi connectivity index (χ0) is 18.5. The average molecular weight is 496 g/mol. The van der Waals surface area contributed by atoms with Gasteiger partial charge in [0.1, 0.15) is 0 Å². The Balaban J connectivity index is 1.58. The number of rotatable bonds is 6. The maximum absolute atomic E-state index is 12.4. The van der Waals surface area contributed by atoms with Crippen LogP contribution in [0.2, 0.25) is 0 Å². The molecule has 0 saturated heterocycles. The van der Waals surface area contributed by atoms with E-state index in [2.05, 4.69) is 47.0 Å². The summed E-state index contributed by atoms with van der Waals surface area (Å²) in [5, 5.41) is 7.67. The number of carbonyl (C=O) groups is 1. The second kappa shape index (κ2) is 8.83. The van der Waals surface area contributed by atoms with Crippen LogP contribution in [0.25, 0.3) is 11.4 Å². The molecule has 134 valence electrons. The number of H-pyrrole nitrogens is 1. The van der Waals surface area contributed by atoms with Crippen molar-refractivity contribution in [1.29, 1.82) is 0 Å². The molecule has 1 N–H and O–H groups in total. The molecular weight excluding hydrogens is 480 g/mol. The Hall–Kier alpha value is -1.64. The first kappa shape index (κ1) is 19.1.